The third-order valence-corrected chi connectivity index (χ3v) is 4.79. The summed E-state index contributed by atoms with van der Waals surface area (Å²) in [5, 5.41) is 9.52. The van der Waals surface area contributed by atoms with Crippen molar-refractivity contribution in [3.05, 3.63) is 0 Å². The van der Waals surface area contributed by atoms with E-state index < -0.39 is 5.41 Å². The molecule has 0 aromatic rings. The summed E-state index contributed by atoms with van der Waals surface area (Å²) in [4.78, 5) is 18.7. The van der Waals surface area contributed by atoms with Crippen LogP contribution >= 0.6 is 24.0 Å². The van der Waals surface area contributed by atoms with E-state index in [0.717, 1.165) is 18.5 Å². The zero-order chi connectivity index (χ0) is 16.3. The highest BCUT2D eigenvalue weighted by molar-refractivity contribution is 14.0. The molecule has 0 radical (unpaired) electrons. The maximum atomic E-state index is 11.8. The highest BCUT2D eigenvalue weighted by atomic mass is 127. The van der Waals surface area contributed by atoms with Gasteiger partial charge in [-0.1, -0.05) is 6.92 Å². The van der Waals surface area contributed by atoms with Crippen molar-refractivity contribution in [3.63, 3.8) is 0 Å². The Labute approximate surface area is 157 Å². The van der Waals surface area contributed by atoms with Crippen molar-refractivity contribution in [2.75, 3.05) is 33.7 Å². The molecule has 1 aliphatic heterocycles. The van der Waals surface area contributed by atoms with Crippen LogP contribution in [0.25, 0.3) is 0 Å². The topological polar surface area (TPSA) is 68.8 Å². The molecule has 2 rings (SSSR count). The number of hydrogen-bond donors (Lipinski definition) is 3. The molecule has 3 N–H and O–H groups in total. The van der Waals surface area contributed by atoms with Gasteiger partial charge in [-0.2, -0.15) is 0 Å². The molecule has 134 valence electrons. The molecule has 1 aliphatic carbocycles. The van der Waals surface area contributed by atoms with Crippen molar-refractivity contribution in [3.8, 4) is 0 Å². The molecule has 2 atom stereocenters. The summed E-state index contributed by atoms with van der Waals surface area (Å²) in [6.45, 7) is 8.97. The highest BCUT2D eigenvalue weighted by Crippen LogP contribution is 2.31. The summed E-state index contributed by atoms with van der Waals surface area (Å²) >= 11 is 0. The quantitative estimate of drug-likeness (QED) is 0.342. The van der Waals surface area contributed by atoms with Crippen LogP contribution in [0.5, 0.6) is 0 Å². The normalized spacial score (nSPS) is 25.7. The largest absolute Gasteiger partial charge is 0.359 e. The minimum Gasteiger partial charge on any atom is -0.359 e. The van der Waals surface area contributed by atoms with Gasteiger partial charge in [-0.05, 0) is 32.6 Å². The molecule has 1 saturated carbocycles. The Kier molecular flexibility index (Phi) is 7.57. The maximum absolute atomic E-state index is 11.8. The summed E-state index contributed by atoms with van der Waals surface area (Å²) in [5.74, 6) is 1.43. The number of nitrogens with one attached hydrogen (secondary N) is 3. The molecule has 0 aromatic carbocycles. The predicted octanol–water partition coefficient (Wildman–Crippen LogP) is 1.02. The molecule has 2 unspecified atom stereocenters. The molecule has 1 amide bonds. The number of halogens is 1. The van der Waals surface area contributed by atoms with Crippen molar-refractivity contribution in [1.29, 1.82) is 0 Å². The number of carbonyl (C=O) groups excluding carboxylic acids is 1. The van der Waals surface area contributed by atoms with Crippen molar-refractivity contribution in [2.45, 2.75) is 45.7 Å². The number of hydrogen-bond acceptors (Lipinski definition) is 3. The van der Waals surface area contributed by atoms with Crippen LogP contribution < -0.4 is 16.0 Å². The summed E-state index contributed by atoms with van der Waals surface area (Å²) in [5.41, 5.74) is -0.465. The third kappa shape index (κ3) is 5.48. The Morgan fingerprint density at radius 3 is 2.48 bits per heavy atom. The lowest BCUT2D eigenvalue weighted by molar-refractivity contribution is -0.128. The average Bonchev–Trinajstić information content (AvgIpc) is 3.27. The van der Waals surface area contributed by atoms with Crippen LogP contribution in [0.3, 0.4) is 0 Å². The number of nitrogens with zero attached hydrogens (tertiary/aromatic N) is 2. The van der Waals surface area contributed by atoms with Gasteiger partial charge in [0, 0.05) is 45.8 Å². The molecule has 2 aliphatic rings. The van der Waals surface area contributed by atoms with Gasteiger partial charge in [0.1, 0.15) is 0 Å². The first-order chi connectivity index (χ1) is 10.4. The highest BCUT2D eigenvalue weighted by Gasteiger charge is 2.38. The van der Waals surface area contributed by atoms with Crippen molar-refractivity contribution in [1.82, 2.24) is 20.9 Å². The van der Waals surface area contributed by atoms with Gasteiger partial charge in [0.2, 0.25) is 5.91 Å². The maximum Gasteiger partial charge on any atom is 0.227 e. The Hall–Kier alpha value is -0.570. The van der Waals surface area contributed by atoms with Crippen molar-refractivity contribution in [2.24, 2.45) is 16.3 Å². The third-order valence-electron chi connectivity index (χ3n) is 4.79. The molecular formula is C16H32IN5O. The van der Waals surface area contributed by atoms with E-state index in [2.05, 4.69) is 32.8 Å². The van der Waals surface area contributed by atoms with Crippen LogP contribution in [-0.2, 0) is 4.79 Å². The number of likely N-dealkylation sites (tertiary alicyclic amines) is 1. The van der Waals surface area contributed by atoms with Gasteiger partial charge in [0.05, 0.1) is 5.41 Å². The summed E-state index contributed by atoms with van der Waals surface area (Å²) < 4.78 is 0. The van der Waals surface area contributed by atoms with Gasteiger partial charge in [0.15, 0.2) is 5.96 Å². The van der Waals surface area contributed by atoms with E-state index in [-0.39, 0.29) is 29.9 Å². The van der Waals surface area contributed by atoms with Crippen LogP contribution in [0.15, 0.2) is 4.99 Å². The average molecular weight is 437 g/mol. The van der Waals surface area contributed by atoms with Crippen molar-refractivity contribution >= 4 is 35.8 Å². The second-order valence-electron chi connectivity index (χ2n) is 7.30. The Morgan fingerprint density at radius 2 is 1.96 bits per heavy atom. The lowest BCUT2D eigenvalue weighted by atomic mass is 9.92. The molecule has 1 saturated heterocycles. The summed E-state index contributed by atoms with van der Waals surface area (Å²) in [6, 6.07) is 1.24. The second kappa shape index (κ2) is 8.50. The van der Waals surface area contributed by atoms with Crippen molar-refractivity contribution < 1.29 is 4.79 Å². The molecular weight excluding hydrogens is 405 g/mol. The van der Waals surface area contributed by atoms with Gasteiger partial charge < -0.3 is 16.0 Å². The fourth-order valence-corrected chi connectivity index (χ4v) is 3.02. The predicted molar refractivity (Wildman–Crippen MR) is 105 cm³/mol. The lowest BCUT2D eigenvalue weighted by Gasteiger charge is -2.26. The van der Waals surface area contributed by atoms with E-state index in [9.17, 15) is 4.79 Å². The summed E-state index contributed by atoms with van der Waals surface area (Å²) in [7, 11) is 3.45. The minimum absolute atomic E-state index is 0. The number of guanidine groups is 1. The zero-order valence-electron chi connectivity index (χ0n) is 15.0. The second-order valence-corrected chi connectivity index (χ2v) is 7.30. The first-order valence-electron chi connectivity index (χ1n) is 8.31. The van der Waals surface area contributed by atoms with Gasteiger partial charge >= 0.3 is 0 Å². The molecule has 7 heteroatoms. The van der Waals surface area contributed by atoms with Crippen LogP contribution in [-0.4, -0.2) is 62.6 Å². The Bertz CT molecular complexity index is 436. The number of carbonyl (C=O) groups is 1. The van der Waals surface area contributed by atoms with E-state index in [1.807, 2.05) is 13.8 Å². The number of rotatable bonds is 5. The minimum atomic E-state index is -0.465. The monoisotopic (exact) mass is 437 g/mol. The van der Waals surface area contributed by atoms with Gasteiger partial charge in [-0.3, -0.25) is 14.7 Å². The first-order valence-corrected chi connectivity index (χ1v) is 8.31. The first kappa shape index (κ1) is 20.5. The number of aliphatic imine (C=N–C) groups is 1. The van der Waals surface area contributed by atoms with Gasteiger partial charge in [-0.25, -0.2) is 0 Å². The van der Waals surface area contributed by atoms with Crippen LogP contribution in [0.2, 0.25) is 0 Å². The van der Waals surface area contributed by atoms with E-state index >= 15 is 0 Å². The van der Waals surface area contributed by atoms with Crippen LogP contribution in [0.4, 0.5) is 0 Å². The van der Waals surface area contributed by atoms with Crippen LogP contribution in [0.1, 0.15) is 33.6 Å². The zero-order valence-corrected chi connectivity index (χ0v) is 17.3. The molecule has 0 aromatic heterocycles. The lowest BCUT2D eigenvalue weighted by Crippen LogP contribution is -2.51. The smallest absolute Gasteiger partial charge is 0.227 e. The standard InChI is InChI=1S/C16H31N5O.HI/c1-11-8-21(12-6-7-12)9-13(11)20-15(18-5)19-10-16(2,3)14(22)17-4;/h11-13H,6-10H2,1-5H3,(H,17,22)(H2,18,19,20);1H. The van der Waals surface area contributed by atoms with E-state index in [1.165, 1.54) is 19.4 Å². The molecule has 0 spiro atoms. The van der Waals surface area contributed by atoms with Gasteiger partial charge in [-0.15, -0.1) is 24.0 Å². The Balaban J connectivity index is 0.00000264. The van der Waals surface area contributed by atoms with E-state index in [1.54, 1.807) is 14.1 Å². The SMILES string of the molecule is CN=C(NCC(C)(C)C(=O)NC)NC1CN(C2CC2)CC1C.I. The molecule has 2 fully saturated rings. The molecule has 23 heavy (non-hydrogen) atoms. The van der Waals surface area contributed by atoms with Gasteiger partial charge in [0.25, 0.3) is 0 Å². The molecule has 6 nitrogen and oxygen atoms in total. The Morgan fingerprint density at radius 1 is 1.30 bits per heavy atom. The molecule has 1 heterocycles. The van der Waals surface area contributed by atoms with Crippen LogP contribution in [0, 0.1) is 11.3 Å². The van der Waals surface area contributed by atoms with E-state index in [0.29, 0.717) is 18.5 Å². The fourth-order valence-electron chi connectivity index (χ4n) is 3.02. The molecule has 0 bridgehead atoms. The van der Waals surface area contributed by atoms with E-state index in [4.69, 9.17) is 0 Å². The number of amides is 1. The summed E-state index contributed by atoms with van der Waals surface area (Å²) in [6.07, 6.45) is 2.71. The fraction of sp³-hybridized carbons (Fsp3) is 0.875.